The van der Waals surface area contributed by atoms with E-state index in [9.17, 15) is 0 Å². The predicted molar refractivity (Wildman–Crippen MR) is 268 cm³/mol. The lowest BCUT2D eigenvalue weighted by Gasteiger charge is -2.46. The van der Waals surface area contributed by atoms with Gasteiger partial charge in [-0.1, -0.05) is 163 Å². The Hall–Kier alpha value is -5.86. The van der Waals surface area contributed by atoms with Crippen molar-refractivity contribution in [2.45, 2.75) is 109 Å². The first-order valence-corrected chi connectivity index (χ1v) is 23.9. The van der Waals surface area contributed by atoms with Gasteiger partial charge in [0.1, 0.15) is 0 Å². The van der Waals surface area contributed by atoms with Crippen LogP contribution in [0.25, 0.3) is 11.1 Å². The number of para-hydroxylation sites is 2. The van der Waals surface area contributed by atoms with Crippen molar-refractivity contribution in [3.8, 4) is 11.1 Å². The highest BCUT2D eigenvalue weighted by Crippen LogP contribution is 2.54. The Bertz CT molecular complexity index is 2650. The summed E-state index contributed by atoms with van der Waals surface area (Å²) in [6, 6.07) is 66.7. The topological polar surface area (TPSA) is 6.48 Å². The Kier molecular flexibility index (Phi) is 10.9. The van der Waals surface area contributed by atoms with E-state index in [4.69, 9.17) is 0 Å². The lowest BCUT2D eigenvalue weighted by atomic mass is 9.58. The molecular formula is C61H64N2. The number of benzene rings is 7. The van der Waals surface area contributed by atoms with Gasteiger partial charge in [-0.25, -0.2) is 0 Å². The third-order valence-corrected chi connectivity index (χ3v) is 15.4. The van der Waals surface area contributed by atoms with Gasteiger partial charge in [-0.2, -0.15) is 0 Å². The molecule has 3 aliphatic rings. The Morgan fingerprint density at radius 3 is 1.49 bits per heavy atom. The zero-order valence-electron chi connectivity index (χ0n) is 38.2. The second kappa shape index (κ2) is 16.7. The number of hydrogen-bond donors (Lipinski definition) is 0. The molecule has 0 aliphatic heterocycles. The van der Waals surface area contributed by atoms with Crippen LogP contribution in [0.4, 0.5) is 34.1 Å². The molecule has 7 aromatic rings. The van der Waals surface area contributed by atoms with Crippen molar-refractivity contribution in [2.24, 2.45) is 11.3 Å². The fraction of sp³-hybridized carbons (Fsp3) is 0.311. The third-order valence-electron chi connectivity index (χ3n) is 15.4. The van der Waals surface area contributed by atoms with E-state index in [-0.39, 0.29) is 16.2 Å². The quantitative estimate of drug-likeness (QED) is 0.143. The molecule has 2 atom stereocenters. The van der Waals surface area contributed by atoms with Crippen LogP contribution in [-0.2, 0) is 10.8 Å². The molecule has 2 saturated carbocycles. The summed E-state index contributed by atoms with van der Waals surface area (Å²) < 4.78 is 0. The van der Waals surface area contributed by atoms with E-state index in [0.717, 1.165) is 12.8 Å². The molecule has 10 rings (SSSR count). The maximum atomic E-state index is 2.46. The number of hydrogen-bond acceptors (Lipinski definition) is 2. The molecule has 0 bridgehead atoms. The van der Waals surface area contributed by atoms with Crippen LogP contribution in [0.15, 0.2) is 176 Å². The zero-order valence-corrected chi connectivity index (χ0v) is 38.2. The van der Waals surface area contributed by atoms with Gasteiger partial charge in [0.25, 0.3) is 0 Å². The molecule has 2 unspecified atom stereocenters. The molecular weight excluding hydrogens is 761 g/mol. The molecule has 3 aliphatic carbocycles. The Labute approximate surface area is 377 Å². The van der Waals surface area contributed by atoms with Crippen LogP contribution in [0.3, 0.4) is 0 Å². The first-order valence-electron chi connectivity index (χ1n) is 23.9. The van der Waals surface area contributed by atoms with Gasteiger partial charge < -0.3 is 9.80 Å². The SMILES string of the molecule is CC1(C)c2ccccc2-c2ccc(N(c3ccccc3)c3ccc(C4(c5ccc(N(c6ccccc6)c6ccc(C7CCCCC7)cc6)cc5)CCCC(C(C)(C)C)C4)cc3)cc21. The maximum absolute atomic E-state index is 2.46. The molecule has 0 heterocycles. The van der Waals surface area contributed by atoms with Crippen molar-refractivity contribution >= 4 is 34.1 Å². The number of fused-ring (bicyclic) bond motifs is 3. The monoisotopic (exact) mass is 825 g/mol. The molecule has 0 amide bonds. The van der Waals surface area contributed by atoms with Crippen molar-refractivity contribution < 1.29 is 0 Å². The first-order chi connectivity index (χ1) is 30.6. The van der Waals surface area contributed by atoms with Gasteiger partial charge in [0.15, 0.2) is 0 Å². The summed E-state index contributed by atoms with van der Waals surface area (Å²) >= 11 is 0. The van der Waals surface area contributed by atoms with E-state index in [2.05, 4.69) is 220 Å². The smallest absolute Gasteiger partial charge is 0.0465 e. The summed E-state index contributed by atoms with van der Waals surface area (Å²) in [6.45, 7) is 12.1. The van der Waals surface area contributed by atoms with E-state index in [1.54, 1.807) is 0 Å². The summed E-state index contributed by atoms with van der Waals surface area (Å²) in [5, 5.41) is 0. The predicted octanol–water partition coefficient (Wildman–Crippen LogP) is 17.5. The van der Waals surface area contributed by atoms with Gasteiger partial charge in [0, 0.05) is 45.0 Å². The minimum Gasteiger partial charge on any atom is -0.311 e. The largest absolute Gasteiger partial charge is 0.311 e. The van der Waals surface area contributed by atoms with E-state index in [1.165, 1.54) is 118 Å². The molecule has 2 nitrogen and oxygen atoms in total. The summed E-state index contributed by atoms with van der Waals surface area (Å²) in [4.78, 5) is 4.88. The van der Waals surface area contributed by atoms with E-state index in [1.807, 2.05) is 0 Å². The summed E-state index contributed by atoms with van der Waals surface area (Å²) in [7, 11) is 0. The molecule has 2 heteroatoms. The number of nitrogens with zero attached hydrogens (tertiary/aromatic N) is 2. The summed E-state index contributed by atoms with van der Waals surface area (Å²) in [6.07, 6.45) is 11.5. The van der Waals surface area contributed by atoms with Crippen molar-refractivity contribution in [3.05, 3.63) is 204 Å². The normalized spacial score (nSPS) is 19.5. The van der Waals surface area contributed by atoms with Crippen molar-refractivity contribution in [1.82, 2.24) is 0 Å². The second-order valence-corrected chi connectivity index (χ2v) is 20.5. The van der Waals surface area contributed by atoms with Gasteiger partial charge in [-0.05, 0) is 161 Å². The molecule has 0 N–H and O–H groups in total. The van der Waals surface area contributed by atoms with Gasteiger partial charge in [-0.15, -0.1) is 0 Å². The van der Waals surface area contributed by atoms with E-state index < -0.39 is 0 Å². The van der Waals surface area contributed by atoms with E-state index >= 15 is 0 Å². The highest BCUT2D eigenvalue weighted by atomic mass is 15.1. The Morgan fingerprint density at radius 2 is 0.921 bits per heavy atom. The average Bonchev–Trinajstić information content (AvgIpc) is 3.55. The summed E-state index contributed by atoms with van der Waals surface area (Å²) in [5.74, 6) is 1.31. The van der Waals surface area contributed by atoms with Crippen LogP contribution in [-0.4, -0.2) is 0 Å². The molecule has 318 valence electrons. The van der Waals surface area contributed by atoms with Crippen LogP contribution in [0.2, 0.25) is 0 Å². The van der Waals surface area contributed by atoms with Crippen molar-refractivity contribution in [3.63, 3.8) is 0 Å². The molecule has 63 heavy (non-hydrogen) atoms. The maximum Gasteiger partial charge on any atom is 0.0465 e. The lowest BCUT2D eigenvalue weighted by Crippen LogP contribution is -2.38. The molecule has 0 aromatic heterocycles. The van der Waals surface area contributed by atoms with Crippen LogP contribution < -0.4 is 9.80 Å². The van der Waals surface area contributed by atoms with Crippen molar-refractivity contribution in [2.75, 3.05) is 9.80 Å². The van der Waals surface area contributed by atoms with Crippen LogP contribution in [0, 0.1) is 11.3 Å². The fourth-order valence-electron chi connectivity index (χ4n) is 11.8. The van der Waals surface area contributed by atoms with Crippen LogP contribution >= 0.6 is 0 Å². The highest BCUT2D eigenvalue weighted by Gasteiger charge is 2.43. The lowest BCUT2D eigenvalue weighted by molar-refractivity contribution is 0.137. The number of rotatable bonds is 9. The molecule has 0 spiro atoms. The van der Waals surface area contributed by atoms with Crippen LogP contribution in [0.1, 0.15) is 126 Å². The van der Waals surface area contributed by atoms with Crippen molar-refractivity contribution in [1.29, 1.82) is 0 Å². The molecule has 2 fully saturated rings. The minimum atomic E-state index is -0.0899. The average molecular weight is 825 g/mol. The standard InChI is InChI=1S/C61H64N2/c1-59(2,3)48-20-17-41-61(43-48,46-29-35-52(36-30-46)62(49-21-11-7-12-22-49)51-33-27-45(28-34-51)44-18-9-6-10-19-44)47-31-37-53(38-32-47)63(50-23-13-8-14-24-50)54-39-40-56-55-25-15-16-26-57(55)60(4,5)58(56)42-54/h7-8,11-16,21-40,42,44,48H,6,9-10,17-20,41,43H2,1-5H3. The Morgan fingerprint density at radius 1 is 0.444 bits per heavy atom. The van der Waals surface area contributed by atoms with Gasteiger partial charge in [0.05, 0.1) is 0 Å². The molecule has 7 aromatic carbocycles. The highest BCUT2D eigenvalue weighted by molar-refractivity contribution is 5.85. The molecule has 0 radical (unpaired) electrons. The molecule has 0 saturated heterocycles. The number of anilines is 6. The Balaban J connectivity index is 1.02. The fourth-order valence-corrected chi connectivity index (χ4v) is 11.8. The van der Waals surface area contributed by atoms with Gasteiger partial charge in [-0.3, -0.25) is 0 Å². The van der Waals surface area contributed by atoms with Gasteiger partial charge in [0.2, 0.25) is 0 Å². The minimum absolute atomic E-state index is 0.0715. The third kappa shape index (κ3) is 7.70. The zero-order chi connectivity index (χ0) is 43.2. The van der Waals surface area contributed by atoms with E-state index in [0.29, 0.717) is 11.8 Å². The summed E-state index contributed by atoms with van der Waals surface area (Å²) in [5.41, 5.74) is 17.0. The van der Waals surface area contributed by atoms with Crippen LogP contribution in [0.5, 0.6) is 0 Å². The second-order valence-electron chi connectivity index (χ2n) is 20.5. The van der Waals surface area contributed by atoms with Gasteiger partial charge >= 0.3 is 0 Å². The first kappa shape index (κ1) is 41.2.